The van der Waals surface area contributed by atoms with Crippen LogP contribution in [0.4, 0.5) is 0 Å². The van der Waals surface area contributed by atoms with Gasteiger partial charge in [-0.15, -0.1) is 0 Å². The van der Waals surface area contributed by atoms with Crippen molar-refractivity contribution in [2.75, 3.05) is 6.54 Å². The van der Waals surface area contributed by atoms with Crippen LogP contribution in [0.2, 0.25) is 0 Å². The highest BCUT2D eigenvalue weighted by Gasteiger charge is 2.15. The van der Waals surface area contributed by atoms with Crippen molar-refractivity contribution in [3.8, 4) is 0 Å². The second kappa shape index (κ2) is 7.38. The van der Waals surface area contributed by atoms with E-state index in [1.54, 1.807) is 0 Å². The number of furan rings is 1. The van der Waals surface area contributed by atoms with Gasteiger partial charge in [-0.2, -0.15) is 0 Å². The Hall–Kier alpha value is -2.23. The van der Waals surface area contributed by atoms with Gasteiger partial charge >= 0.3 is 0 Å². The van der Waals surface area contributed by atoms with Crippen LogP contribution < -0.4 is 0 Å². The molecule has 0 fully saturated rings. The monoisotopic (exact) mass is 271 g/mol. The van der Waals surface area contributed by atoms with Gasteiger partial charge in [-0.25, -0.2) is 0 Å². The van der Waals surface area contributed by atoms with Crippen molar-refractivity contribution in [2.45, 2.75) is 26.1 Å². The predicted octanol–water partition coefficient (Wildman–Crippen LogP) is 4.55. The third kappa shape index (κ3) is 4.16. The molecule has 0 saturated carbocycles. The van der Waals surface area contributed by atoms with Crippen molar-refractivity contribution in [2.24, 2.45) is 5.11 Å². The van der Waals surface area contributed by atoms with Gasteiger partial charge in [-0.3, -0.25) is 0 Å². The molecule has 5 heteroatoms. The van der Waals surface area contributed by atoms with Gasteiger partial charge < -0.3 is 9.15 Å². The molecule has 1 aromatic heterocycles. The molecule has 0 amide bonds. The molecule has 2 rings (SSSR count). The molecule has 0 saturated heterocycles. The number of nitrogens with zero attached hydrogens (tertiary/aromatic N) is 3. The second-order valence-corrected chi connectivity index (χ2v) is 4.48. The summed E-state index contributed by atoms with van der Waals surface area (Å²) in [5, 5.41) is 3.56. The smallest absolute Gasteiger partial charge is 0.132 e. The van der Waals surface area contributed by atoms with E-state index < -0.39 is 0 Å². The van der Waals surface area contributed by atoms with Crippen molar-refractivity contribution in [3.63, 3.8) is 0 Å². The summed E-state index contributed by atoms with van der Waals surface area (Å²) in [5.41, 5.74) is 9.46. The van der Waals surface area contributed by atoms with Crippen molar-refractivity contribution in [1.29, 1.82) is 0 Å². The van der Waals surface area contributed by atoms with E-state index in [2.05, 4.69) is 10.0 Å². The number of aryl methyl sites for hydroxylation is 1. The lowest BCUT2D eigenvalue weighted by Gasteiger charge is -2.15. The summed E-state index contributed by atoms with van der Waals surface area (Å²) in [6.45, 7) is 2.78. The van der Waals surface area contributed by atoms with Crippen LogP contribution in [-0.2, 0) is 11.3 Å². The van der Waals surface area contributed by atoms with Gasteiger partial charge in [0.2, 0.25) is 0 Å². The van der Waals surface area contributed by atoms with Crippen LogP contribution in [0.15, 0.2) is 52.0 Å². The lowest BCUT2D eigenvalue weighted by molar-refractivity contribution is 0.0209. The maximum absolute atomic E-state index is 8.36. The molecule has 2 aromatic rings. The topological polar surface area (TPSA) is 71.1 Å². The Morgan fingerprint density at radius 2 is 2.05 bits per heavy atom. The van der Waals surface area contributed by atoms with Crippen molar-refractivity contribution >= 4 is 0 Å². The van der Waals surface area contributed by atoms with E-state index in [1.807, 2.05) is 49.4 Å². The highest BCUT2D eigenvalue weighted by atomic mass is 16.5. The Bertz CT molecular complexity index is 574. The third-order valence-corrected chi connectivity index (χ3v) is 2.93. The van der Waals surface area contributed by atoms with Gasteiger partial charge in [-0.1, -0.05) is 35.4 Å². The van der Waals surface area contributed by atoms with E-state index in [9.17, 15) is 0 Å². The number of hydrogen-bond acceptors (Lipinski definition) is 3. The summed E-state index contributed by atoms with van der Waals surface area (Å²) in [5.74, 6) is 1.61. The summed E-state index contributed by atoms with van der Waals surface area (Å²) < 4.78 is 11.5. The van der Waals surface area contributed by atoms with Crippen LogP contribution >= 0.6 is 0 Å². The average Bonchev–Trinajstić information content (AvgIpc) is 2.90. The summed E-state index contributed by atoms with van der Waals surface area (Å²) in [6, 6.07) is 13.8. The Morgan fingerprint density at radius 1 is 1.25 bits per heavy atom. The van der Waals surface area contributed by atoms with Gasteiger partial charge in [0, 0.05) is 11.5 Å². The Labute approximate surface area is 117 Å². The van der Waals surface area contributed by atoms with Crippen LogP contribution in [0.3, 0.4) is 0 Å². The number of ether oxygens (including phenoxy) is 1. The molecule has 5 nitrogen and oxygen atoms in total. The lowest BCUT2D eigenvalue weighted by Crippen LogP contribution is -2.05. The first-order valence-corrected chi connectivity index (χ1v) is 6.52. The van der Waals surface area contributed by atoms with E-state index in [-0.39, 0.29) is 6.10 Å². The molecule has 1 aromatic carbocycles. The number of benzene rings is 1. The summed E-state index contributed by atoms with van der Waals surface area (Å²) in [7, 11) is 0. The maximum Gasteiger partial charge on any atom is 0.132 e. The van der Waals surface area contributed by atoms with Crippen LogP contribution in [0, 0.1) is 6.92 Å². The van der Waals surface area contributed by atoms with Crippen LogP contribution in [0.1, 0.15) is 29.6 Å². The zero-order valence-electron chi connectivity index (χ0n) is 11.4. The first kappa shape index (κ1) is 14.2. The molecular formula is C15H17N3O2. The Balaban J connectivity index is 2.00. The van der Waals surface area contributed by atoms with Crippen molar-refractivity contribution in [3.05, 3.63) is 70.0 Å². The molecule has 1 atom stereocenters. The third-order valence-electron chi connectivity index (χ3n) is 2.93. The molecule has 1 heterocycles. The van der Waals surface area contributed by atoms with E-state index in [4.69, 9.17) is 14.7 Å². The minimum Gasteiger partial charge on any atom is -0.464 e. The summed E-state index contributed by atoms with van der Waals surface area (Å²) >= 11 is 0. The van der Waals surface area contributed by atoms with Gasteiger partial charge in [0.1, 0.15) is 17.6 Å². The van der Waals surface area contributed by atoms with Gasteiger partial charge in [0.05, 0.1) is 6.61 Å². The minimum atomic E-state index is -0.200. The first-order valence-electron chi connectivity index (χ1n) is 6.52. The zero-order chi connectivity index (χ0) is 14.2. The zero-order valence-corrected chi connectivity index (χ0v) is 11.4. The highest BCUT2D eigenvalue weighted by Crippen LogP contribution is 2.24. The molecular weight excluding hydrogens is 254 g/mol. The van der Waals surface area contributed by atoms with E-state index in [0.717, 1.165) is 17.1 Å². The normalized spacial score (nSPS) is 11.8. The molecule has 0 N–H and O–H groups in total. The summed E-state index contributed by atoms with van der Waals surface area (Å²) in [4.78, 5) is 2.76. The molecule has 0 aliphatic rings. The van der Waals surface area contributed by atoms with E-state index >= 15 is 0 Å². The van der Waals surface area contributed by atoms with Gasteiger partial charge in [0.15, 0.2) is 0 Å². The number of hydrogen-bond donors (Lipinski definition) is 0. The molecule has 0 aliphatic carbocycles. The average molecular weight is 271 g/mol. The second-order valence-electron chi connectivity index (χ2n) is 4.48. The first-order chi connectivity index (χ1) is 9.79. The molecule has 20 heavy (non-hydrogen) atoms. The molecule has 0 radical (unpaired) electrons. The SMILES string of the molecule is Cc1ccc(C(CCN=[N+]=[N-])OCc2ccccc2)o1. The lowest BCUT2D eigenvalue weighted by atomic mass is 10.2. The number of azide groups is 1. The van der Waals surface area contributed by atoms with E-state index in [1.165, 1.54) is 0 Å². The highest BCUT2D eigenvalue weighted by molar-refractivity contribution is 5.14. The fourth-order valence-electron chi connectivity index (χ4n) is 1.92. The standard InChI is InChI=1S/C15H17N3O2/c1-12-7-8-15(20-12)14(9-10-17-18-16)19-11-13-5-3-2-4-6-13/h2-8,14H,9-11H2,1H3. The Morgan fingerprint density at radius 3 is 2.70 bits per heavy atom. The molecule has 0 bridgehead atoms. The minimum absolute atomic E-state index is 0.200. The van der Waals surface area contributed by atoms with Crippen LogP contribution in [0.25, 0.3) is 10.4 Å². The Kier molecular flexibility index (Phi) is 5.24. The van der Waals surface area contributed by atoms with Gasteiger partial charge in [0.25, 0.3) is 0 Å². The maximum atomic E-state index is 8.36. The quantitative estimate of drug-likeness (QED) is 0.421. The van der Waals surface area contributed by atoms with Crippen molar-refractivity contribution in [1.82, 2.24) is 0 Å². The molecule has 0 spiro atoms. The van der Waals surface area contributed by atoms with Crippen LogP contribution in [-0.4, -0.2) is 6.54 Å². The number of rotatable bonds is 7. The molecule has 1 unspecified atom stereocenters. The fraction of sp³-hybridized carbons (Fsp3) is 0.333. The largest absolute Gasteiger partial charge is 0.464 e. The molecule has 104 valence electrons. The van der Waals surface area contributed by atoms with E-state index in [0.29, 0.717) is 19.6 Å². The summed E-state index contributed by atoms with van der Waals surface area (Å²) in [6.07, 6.45) is 0.401. The fourth-order valence-corrected chi connectivity index (χ4v) is 1.92. The van der Waals surface area contributed by atoms with Crippen LogP contribution in [0.5, 0.6) is 0 Å². The predicted molar refractivity (Wildman–Crippen MR) is 76.0 cm³/mol. The van der Waals surface area contributed by atoms with Crippen molar-refractivity contribution < 1.29 is 9.15 Å². The molecule has 0 aliphatic heterocycles. The van der Waals surface area contributed by atoms with Gasteiger partial charge in [-0.05, 0) is 36.6 Å².